The molecule has 0 aliphatic rings. The molecule has 0 amide bonds. The summed E-state index contributed by atoms with van der Waals surface area (Å²) in [7, 11) is 1.74. The molecule has 0 saturated heterocycles. The molecule has 0 fully saturated rings. The van der Waals surface area contributed by atoms with Crippen molar-refractivity contribution in [1.82, 2.24) is 13.6 Å². The monoisotopic (exact) mass is 388 g/mol. The van der Waals surface area contributed by atoms with Crippen LogP contribution in [-0.2, 0) is 16.8 Å². The molecule has 1 N–H and O–H groups in total. The van der Waals surface area contributed by atoms with Crippen molar-refractivity contribution < 1.29 is 8.42 Å². The molecule has 0 radical (unpaired) electrons. The molecule has 6 nitrogen and oxygen atoms in total. The second-order valence-corrected chi connectivity index (χ2v) is 8.89. The molecule has 3 aromatic rings. The van der Waals surface area contributed by atoms with Crippen molar-refractivity contribution in [1.29, 1.82) is 0 Å². The first-order chi connectivity index (χ1) is 12.8. The van der Waals surface area contributed by atoms with Gasteiger partial charge in [0.1, 0.15) is 0 Å². The van der Waals surface area contributed by atoms with Crippen molar-refractivity contribution in [2.24, 2.45) is 0 Å². The van der Waals surface area contributed by atoms with Crippen LogP contribution in [-0.4, -0.2) is 51.5 Å². The van der Waals surface area contributed by atoms with Crippen LogP contribution in [0.3, 0.4) is 0 Å². The van der Waals surface area contributed by atoms with Gasteiger partial charge in [0.15, 0.2) is 0 Å². The lowest BCUT2D eigenvalue weighted by Gasteiger charge is -2.20. The standard InChI is InChI=1S/C20H28N4O2S/c1-5-24-19-10-7-6-9-17(19)18-15-16(11-12-20(18)24)23(4)14-8-13-21-27(25,26)22(2)3/h6-7,9-12,15,21H,5,8,13-14H2,1-4H3. The maximum atomic E-state index is 11.7. The molecule has 2 aromatic carbocycles. The summed E-state index contributed by atoms with van der Waals surface area (Å²) >= 11 is 0. The molecule has 0 aliphatic carbocycles. The summed E-state index contributed by atoms with van der Waals surface area (Å²) in [6.45, 7) is 4.29. The van der Waals surface area contributed by atoms with Crippen LogP contribution >= 0.6 is 0 Å². The Morgan fingerprint density at radius 3 is 2.41 bits per heavy atom. The minimum absolute atomic E-state index is 0.419. The van der Waals surface area contributed by atoms with E-state index < -0.39 is 10.2 Å². The Morgan fingerprint density at radius 2 is 1.70 bits per heavy atom. The van der Waals surface area contributed by atoms with Crippen LogP contribution in [0.2, 0.25) is 0 Å². The van der Waals surface area contributed by atoms with Gasteiger partial charge in [0.25, 0.3) is 10.2 Å². The summed E-state index contributed by atoms with van der Waals surface area (Å²) < 4.78 is 29.6. The molecule has 1 aromatic heterocycles. The highest BCUT2D eigenvalue weighted by atomic mass is 32.2. The minimum atomic E-state index is -3.35. The molecule has 0 unspecified atom stereocenters. The molecule has 0 bridgehead atoms. The van der Waals surface area contributed by atoms with Crippen molar-refractivity contribution >= 4 is 37.7 Å². The van der Waals surface area contributed by atoms with Crippen LogP contribution < -0.4 is 9.62 Å². The molecule has 27 heavy (non-hydrogen) atoms. The van der Waals surface area contributed by atoms with Gasteiger partial charge in [-0.2, -0.15) is 12.7 Å². The van der Waals surface area contributed by atoms with Gasteiger partial charge in [-0.3, -0.25) is 0 Å². The van der Waals surface area contributed by atoms with Gasteiger partial charge in [0.05, 0.1) is 0 Å². The van der Waals surface area contributed by atoms with Crippen LogP contribution in [0.1, 0.15) is 13.3 Å². The second-order valence-electron chi connectivity index (χ2n) is 6.92. The predicted octanol–water partition coefficient (Wildman–Crippen LogP) is 3.04. The van der Waals surface area contributed by atoms with E-state index in [2.05, 4.69) is 63.6 Å². The van der Waals surface area contributed by atoms with E-state index in [1.54, 1.807) is 0 Å². The zero-order valence-electron chi connectivity index (χ0n) is 16.4. The smallest absolute Gasteiger partial charge is 0.278 e. The molecule has 0 spiro atoms. The Balaban J connectivity index is 1.76. The lowest BCUT2D eigenvalue weighted by atomic mass is 10.1. The average Bonchev–Trinajstić information content (AvgIpc) is 2.98. The molecule has 0 aliphatic heterocycles. The van der Waals surface area contributed by atoms with Crippen molar-refractivity contribution in [2.45, 2.75) is 19.9 Å². The highest BCUT2D eigenvalue weighted by Crippen LogP contribution is 2.31. The number of anilines is 1. The number of hydrogen-bond acceptors (Lipinski definition) is 3. The summed E-state index contributed by atoms with van der Waals surface area (Å²) in [4.78, 5) is 2.17. The van der Waals surface area contributed by atoms with Gasteiger partial charge in [-0.1, -0.05) is 18.2 Å². The highest BCUT2D eigenvalue weighted by Gasteiger charge is 2.13. The number of fused-ring (bicyclic) bond motifs is 3. The number of hydrogen-bond donors (Lipinski definition) is 1. The lowest BCUT2D eigenvalue weighted by molar-refractivity contribution is 0.504. The van der Waals surface area contributed by atoms with Crippen molar-refractivity contribution in [3.05, 3.63) is 42.5 Å². The third-order valence-electron chi connectivity index (χ3n) is 4.95. The van der Waals surface area contributed by atoms with Gasteiger partial charge in [0.2, 0.25) is 0 Å². The van der Waals surface area contributed by atoms with Gasteiger partial charge >= 0.3 is 0 Å². The third-order valence-corrected chi connectivity index (χ3v) is 6.48. The fraction of sp³-hybridized carbons (Fsp3) is 0.400. The predicted molar refractivity (Wildman–Crippen MR) is 114 cm³/mol. The van der Waals surface area contributed by atoms with Crippen LogP contribution in [0.5, 0.6) is 0 Å². The Hall–Kier alpha value is -2.09. The molecule has 0 saturated carbocycles. The summed E-state index contributed by atoms with van der Waals surface area (Å²) in [6.07, 6.45) is 0.734. The molecule has 0 atom stereocenters. The fourth-order valence-electron chi connectivity index (χ4n) is 3.40. The molecule has 1 heterocycles. The summed E-state index contributed by atoms with van der Waals surface area (Å²) in [5.41, 5.74) is 3.64. The number of nitrogens with zero attached hydrogens (tertiary/aromatic N) is 3. The third kappa shape index (κ3) is 3.95. The average molecular weight is 389 g/mol. The van der Waals surface area contributed by atoms with E-state index in [1.807, 2.05) is 7.05 Å². The number of para-hydroxylation sites is 1. The number of aryl methyl sites for hydroxylation is 1. The van der Waals surface area contributed by atoms with Gasteiger partial charge in [-0.15, -0.1) is 0 Å². The number of nitrogens with one attached hydrogen (secondary N) is 1. The quantitative estimate of drug-likeness (QED) is 0.604. The highest BCUT2D eigenvalue weighted by molar-refractivity contribution is 7.87. The van der Waals surface area contributed by atoms with Crippen LogP contribution in [0, 0.1) is 0 Å². The van der Waals surface area contributed by atoms with Crippen LogP contribution in [0.25, 0.3) is 21.8 Å². The van der Waals surface area contributed by atoms with Crippen LogP contribution in [0.15, 0.2) is 42.5 Å². The molecule has 146 valence electrons. The Morgan fingerprint density at radius 1 is 1.00 bits per heavy atom. The molecular weight excluding hydrogens is 360 g/mol. The van der Waals surface area contributed by atoms with Crippen LogP contribution in [0.4, 0.5) is 5.69 Å². The van der Waals surface area contributed by atoms with E-state index in [4.69, 9.17) is 0 Å². The number of benzene rings is 2. The number of rotatable bonds is 8. The fourth-order valence-corrected chi connectivity index (χ4v) is 4.06. The normalized spacial score (nSPS) is 12.3. The van der Waals surface area contributed by atoms with E-state index >= 15 is 0 Å². The topological polar surface area (TPSA) is 57.6 Å². The SMILES string of the molecule is CCn1c2ccccc2c2cc(N(C)CCCNS(=O)(=O)N(C)C)ccc21. The summed E-state index contributed by atoms with van der Waals surface area (Å²) in [6, 6.07) is 15.0. The van der Waals surface area contributed by atoms with Crippen molar-refractivity contribution in [3.8, 4) is 0 Å². The van der Waals surface area contributed by atoms with Crippen molar-refractivity contribution in [2.75, 3.05) is 39.1 Å². The number of aromatic nitrogens is 1. The van der Waals surface area contributed by atoms with Gasteiger partial charge < -0.3 is 9.47 Å². The summed E-state index contributed by atoms with van der Waals surface area (Å²) in [5.74, 6) is 0. The van der Waals surface area contributed by atoms with Crippen molar-refractivity contribution in [3.63, 3.8) is 0 Å². The zero-order chi connectivity index (χ0) is 19.6. The van der Waals surface area contributed by atoms with Gasteiger partial charge in [-0.25, -0.2) is 4.72 Å². The second kappa shape index (κ2) is 7.88. The Bertz CT molecular complexity index is 1040. The molecular formula is C20H28N4O2S. The first kappa shape index (κ1) is 19.7. The first-order valence-electron chi connectivity index (χ1n) is 9.24. The Kier molecular flexibility index (Phi) is 5.74. The maximum absolute atomic E-state index is 11.7. The van der Waals surface area contributed by atoms with E-state index in [-0.39, 0.29) is 0 Å². The lowest BCUT2D eigenvalue weighted by Crippen LogP contribution is -2.37. The minimum Gasteiger partial charge on any atom is -0.375 e. The van der Waals surface area contributed by atoms with E-state index in [0.29, 0.717) is 6.54 Å². The largest absolute Gasteiger partial charge is 0.375 e. The van der Waals surface area contributed by atoms with E-state index in [9.17, 15) is 8.42 Å². The Labute approximate surface area is 161 Å². The molecule has 7 heteroatoms. The van der Waals surface area contributed by atoms with E-state index in [1.165, 1.54) is 40.2 Å². The maximum Gasteiger partial charge on any atom is 0.278 e. The summed E-state index contributed by atoms with van der Waals surface area (Å²) in [5, 5.41) is 2.52. The van der Waals surface area contributed by atoms with Gasteiger partial charge in [-0.05, 0) is 37.6 Å². The van der Waals surface area contributed by atoms with E-state index in [0.717, 1.165) is 25.2 Å². The zero-order valence-corrected chi connectivity index (χ0v) is 17.3. The first-order valence-corrected chi connectivity index (χ1v) is 10.7. The molecule has 3 rings (SSSR count). The van der Waals surface area contributed by atoms with Gasteiger partial charge in [0, 0.05) is 68.3 Å².